The Balaban J connectivity index is 2.27. The molecule has 1 N–H and O–H groups in total. The largest absolute Gasteiger partial charge is 0.417 e. The Kier molecular flexibility index (Phi) is 6.19. The number of rotatable bonds is 5. The zero-order valence-corrected chi connectivity index (χ0v) is 15.6. The van der Waals surface area contributed by atoms with E-state index in [1.165, 1.54) is 0 Å². The van der Waals surface area contributed by atoms with Crippen molar-refractivity contribution in [3.8, 4) is 0 Å². The Morgan fingerprint density at radius 3 is 2.29 bits per heavy atom. The van der Waals surface area contributed by atoms with Crippen molar-refractivity contribution < 1.29 is 35.2 Å². The minimum absolute atomic E-state index is 0.277. The zero-order chi connectivity index (χ0) is 21.3. The van der Waals surface area contributed by atoms with Gasteiger partial charge in [-0.05, 0) is 30.3 Å². The Morgan fingerprint density at radius 1 is 1.11 bits per heavy atom. The van der Waals surface area contributed by atoms with E-state index in [0.29, 0.717) is 22.5 Å². The molecular formula is C16H12ClF5N2O3S. The zero-order valence-electron chi connectivity index (χ0n) is 14.0. The number of carbonyl (C=O) groups is 1. The second-order valence-corrected chi connectivity index (χ2v) is 7.92. The molecule has 2 aromatic rings. The Hall–Kier alpha value is -2.40. The van der Waals surface area contributed by atoms with Crippen molar-refractivity contribution in [1.29, 1.82) is 0 Å². The van der Waals surface area contributed by atoms with Crippen molar-refractivity contribution >= 4 is 38.9 Å². The number of sulfonamides is 1. The van der Waals surface area contributed by atoms with E-state index < -0.39 is 50.9 Å². The van der Waals surface area contributed by atoms with Crippen molar-refractivity contribution in [1.82, 2.24) is 0 Å². The van der Waals surface area contributed by atoms with Gasteiger partial charge in [-0.1, -0.05) is 11.6 Å². The van der Waals surface area contributed by atoms with Gasteiger partial charge in [0.1, 0.15) is 6.54 Å². The predicted molar refractivity (Wildman–Crippen MR) is 93.6 cm³/mol. The molecule has 0 aliphatic heterocycles. The summed E-state index contributed by atoms with van der Waals surface area (Å²) in [5, 5.41) is 1.53. The van der Waals surface area contributed by atoms with Crippen molar-refractivity contribution in [2.75, 3.05) is 22.4 Å². The Labute approximate surface area is 161 Å². The first kappa shape index (κ1) is 21.9. The summed E-state index contributed by atoms with van der Waals surface area (Å²) >= 11 is 5.48. The third-order valence-corrected chi connectivity index (χ3v) is 4.90. The first-order chi connectivity index (χ1) is 12.8. The van der Waals surface area contributed by atoms with Gasteiger partial charge in [0, 0.05) is 11.8 Å². The number of anilines is 2. The lowest BCUT2D eigenvalue weighted by atomic mass is 10.2. The predicted octanol–water partition coefficient (Wildman–Crippen LogP) is 4.04. The molecule has 2 rings (SSSR count). The summed E-state index contributed by atoms with van der Waals surface area (Å²) in [4.78, 5) is 12.1. The molecule has 2 aromatic carbocycles. The van der Waals surface area contributed by atoms with Crippen LogP contribution in [0, 0.1) is 11.6 Å². The molecule has 5 nitrogen and oxygen atoms in total. The highest BCUT2D eigenvalue weighted by molar-refractivity contribution is 7.92. The van der Waals surface area contributed by atoms with Gasteiger partial charge in [-0.2, -0.15) is 13.2 Å². The van der Waals surface area contributed by atoms with Crippen LogP contribution >= 0.6 is 11.6 Å². The first-order valence-electron chi connectivity index (χ1n) is 7.38. The highest BCUT2D eigenvalue weighted by Gasteiger charge is 2.33. The summed E-state index contributed by atoms with van der Waals surface area (Å²) in [5.41, 5.74) is -1.79. The molecule has 0 bridgehead atoms. The van der Waals surface area contributed by atoms with Gasteiger partial charge < -0.3 is 5.32 Å². The molecule has 0 aromatic heterocycles. The summed E-state index contributed by atoms with van der Waals surface area (Å²) in [5.74, 6) is -3.56. The van der Waals surface area contributed by atoms with Gasteiger partial charge in [0.15, 0.2) is 11.6 Å². The molecule has 28 heavy (non-hydrogen) atoms. The number of amides is 1. The molecule has 0 aliphatic rings. The first-order valence-corrected chi connectivity index (χ1v) is 9.61. The topological polar surface area (TPSA) is 66.5 Å². The minimum atomic E-state index is -4.76. The van der Waals surface area contributed by atoms with Gasteiger partial charge in [0.2, 0.25) is 15.9 Å². The highest BCUT2D eigenvalue weighted by atomic mass is 35.5. The van der Waals surface area contributed by atoms with E-state index in [1.807, 2.05) is 0 Å². The molecule has 152 valence electrons. The smallest absolute Gasteiger partial charge is 0.324 e. The molecule has 0 heterocycles. The van der Waals surface area contributed by atoms with E-state index >= 15 is 0 Å². The number of benzene rings is 2. The lowest BCUT2D eigenvalue weighted by Gasteiger charge is -2.22. The van der Waals surface area contributed by atoms with Crippen LogP contribution in [0.3, 0.4) is 0 Å². The van der Waals surface area contributed by atoms with E-state index in [1.54, 1.807) is 0 Å². The van der Waals surface area contributed by atoms with E-state index in [4.69, 9.17) is 11.6 Å². The summed E-state index contributed by atoms with van der Waals surface area (Å²) in [6.07, 6.45) is -4.03. The van der Waals surface area contributed by atoms with Crippen LogP contribution in [0.15, 0.2) is 36.4 Å². The van der Waals surface area contributed by atoms with Gasteiger partial charge in [-0.3, -0.25) is 9.10 Å². The molecule has 0 spiro atoms. The number of nitrogens with one attached hydrogen (secondary N) is 1. The second-order valence-electron chi connectivity index (χ2n) is 5.61. The van der Waals surface area contributed by atoms with Crippen molar-refractivity contribution in [2.45, 2.75) is 6.18 Å². The fourth-order valence-corrected chi connectivity index (χ4v) is 3.26. The normalized spacial score (nSPS) is 12.0. The quantitative estimate of drug-likeness (QED) is 0.711. The molecule has 12 heteroatoms. The lowest BCUT2D eigenvalue weighted by molar-refractivity contribution is -0.137. The third-order valence-electron chi connectivity index (χ3n) is 3.43. The van der Waals surface area contributed by atoms with Crippen LogP contribution in [0.25, 0.3) is 0 Å². The fourth-order valence-electron chi connectivity index (χ4n) is 2.19. The molecular weight excluding hydrogens is 431 g/mol. The number of hydrogen-bond acceptors (Lipinski definition) is 3. The summed E-state index contributed by atoms with van der Waals surface area (Å²) in [6, 6.07) is 4.80. The van der Waals surface area contributed by atoms with Crippen LogP contribution < -0.4 is 9.62 Å². The van der Waals surface area contributed by atoms with Crippen LogP contribution in [0.4, 0.5) is 33.3 Å². The fraction of sp³-hybridized carbons (Fsp3) is 0.188. The molecule has 0 atom stereocenters. The summed E-state index contributed by atoms with van der Waals surface area (Å²) < 4.78 is 89.4. The average Bonchev–Trinajstić information content (AvgIpc) is 2.55. The van der Waals surface area contributed by atoms with Crippen LogP contribution in [0.2, 0.25) is 5.02 Å². The van der Waals surface area contributed by atoms with Crippen LogP contribution in [0.5, 0.6) is 0 Å². The maximum Gasteiger partial charge on any atom is 0.417 e. The Bertz CT molecular complexity index is 1010. The molecule has 0 saturated heterocycles. The monoisotopic (exact) mass is 442 g/mol. The number of alkyl halides is 3. The average molecular weight is 443 g/mol. The maximum atomic E-state index is 13.4. The lowest BCUT2D eigenvalue weighted by Crippen LogP contribution is -2.37. The SMILES string of the molecule is CS(=O)(=O)N(CC(=O)Nc1ccc(Cl)c(C(F)(F)F)c1)c1ccc(F)c(F)c1. The van der Waals surface area contributed by atoms with Gasteiger partial charge in [-0.25, -0.2) is 17.2 Å². The van der Waals surface area contributed by atoms with E-state index in [2.05, 4.69) is 5.32 Å². The summed E-state index contributed by atoms with van der Waals surface area (Å²) in [7, 11) is -4.09. The minimum Gasteiger partial charge on any atom is -0.324 e. The van der Waals surface area contributed by atoms with Crippen molar-refractivity contribution in [2.24, 2.45) is 0 Å². The number of hydrogen-bond donors (Lipinski definition) is 1. The van der Waals surface area contributed by atoms with Crippen LogP contribution in [0.1, 0.15) is 5.56 Å². The van der Waals surface area contributed by atoms with Crippen LogP contribution in [-0.2, 0) is 21.0 Å². The molecule has 0 aliphatic carbocycles. The Morgan fingerprint density at radius 2 is 1.75 bits per heavy atom. The van der Waals surface area contributed by atoms with Gasteiger partial charge in [0.05, 0.1) is 22.5 Å². The summed E-state index contributed by atoms with van der Waals surface area (Å²) in [6.45, 7) is -0.881. The maximum absolute atomic E-state index is 13.4. The molecule has 0 fully saturated rings. The molecule has 0 radical (unpaired) electrons. The van der Waals surface area contributed by atoms with E-state index in [-0.39, 0.29) is 11.4 Å². The van der Waals surface area contributed by atoms with E-state index in [9.17, 15) is 35.2 Å². The number of halogens is 6. The standard InChI is InChI=1S/C16H12ClF5N2O3S/c1-28(26,27)24(10-3-5-13(18)14(19)7-10)8-15(25)23-9-2-4-12(17)11(6-9)16(20,21)22/h2-7H,8H2,1H3,(H,23,25). The second kappa shape index (κ2) is 7.92. The van der Waals surface area contributed by atoms with Crippen molar-refractivity contribution in [3.63, 3.8) is 0 Å². The third kappa shape index (κ3) is 5.32. The van der Waals surface area contributed by atoms with Crippen molar-refractivity contribution in [3.05, 3.63) is 58.6 Å². The van der Waals surface area contributed by atoms with Gasteiger partial charge >= 0.3 is 6.18 Å². The highest BCUT2D eigenvalue weighted by Crippen LogP contribution is 2.36. The van der Waals surface area contributed by atoms with E-state index in [0.717, 1.165) is 24.5 Å². The molecule has 1 amide bonds. The number of carbonyl (C=O) groups excluding carboxylic acids is 1. The molecule has 0 unspecified atom stereocenters. The van der Waals surface area contributed by atoms with Gasteiger partial charge in [-0.15, -0.1) is 0 Å². The van der Waals surface area contributed by atoms with Gasteiger partial charge in [0.25, 0.3) is 0 Å². The van der Waals surface area contributed by atoms with Crippen LogP contribution in [-0.4, -0.2) is 27.1 Å². The molecule has 0 saturated carbocycles. The number of nitrogens with zero attached hydrogens (tertiary/aromatic N) is 1.